The number of hydrogen-bond acceptors (Lipinski definition) is 5. The molecule has 2 heterocycles. The number of β-amino-alcohol motifs (C(OH)–C–C–N with tert-alkyl or cyclic N) is 1. The Morgan fingerprint density at radius 2 is 1.95 bits per heavy atom. The van der Waals surface area contributed by atoms with Crippen LogP contribution in [0.1, 0.15) is 19.8 Å². The van der Waals surface area contributed by atoms with Gasteiger partial charge in [0.25, 0.3) is 0 Å². The van der Waals surface area contributed by atoms with Crippen molar-refractivity contribution in [2.45, 2.75) is 38.0 Å². The largest absolute Gasteiger partial charge is 0.480 e. The molecule has 0 aliphatic carbocycles. The van der Waals surface area contributed by atoms with Gasteiger partial charge < -0.3 is 20.4 Å². The second-order valence-corrected chi connectivity index (χ2v) is 5.21. The number of aliphatic hydroxyl groups excluding tert-OH is 1. The van der Waals surface area contributed by atoms with Gasteiger partial charge in [0.2, 0.25) is 5.91 Å². The van der Waals surface area contributed by atoms with Crippen LogP contribution in [0.3, 0.4) is 0 Å². The first kappa shape index (κ1) is 14.0. The van der Waals surface area contributed by atoms with Crippen molar-refractivity contribution in [3.8, 4) is 0 Å². The van der Waals surface area contributed by atoms with Gasteiger partial charge in [-0.2, -0.15) is 0 Å². The number of Topliss-reactive ketones (excluding diaryl/α,β-unsaturated/α-hetero) is 1. The second kappa shape index (κ2) is 5.26. The molecule has 0 aromatic rings. The van der Waals surface area contributed by atoms with Crippen LogP contribution in [0.2, 0.25) is 0 Å². The number of amides is 1. The molecule has 4 atom stereocenters. The normalized spacial score (nSPS) is 34.5. The zero-order valence-electron chi connectivity index (χ0n) is 10.7. The summed E-state index contributed by atoms with van der Waals surface area (Å²) in [6.45, 7) is 1.84. The van der Waals surface area contributed by atoms with Gasteiger partial charge in [0.15, 0.2) is 5.78 Å². The fraction of sp³-hybridized carbons (Fsp3) is 0.750. The number of ketones is 1. The van der Waals surface area contributed by atoms with Crippen LogP contribution in [-0.4, -0.2) is 64.0 Å². The van der Waals surface area contributed by atoms with Crippen molar-refractivity contribution in [1.82, 2.24) is 10.2 Å². The summed E-state index contributed by atoms with van der Waals surface area (Å²) in [7, 11) is 0. The van der Waals surface area contributed by atoms with Crippen LogP contribution >= 0.6 is 0 Å². The third-order valence-corrected chi connectivity index (χ3v) is 3.84. The monoisotopic (exact) mass is 270 g/mol. The van der Waals surface area contributed by atoms with E-state index in [1.807, 2.05) is 0 Å². The molecule has 2 fully saturated rings. The lowest BCUT2D eigenvalue weighted by Gasteiger charge is -2.19. The molecule has 19 heavy (non-hydrogen) atoms. The fourth-order valence-electron chi connectivity index (χ4n) is 2.84. The lowest BCUT2D eigenvalue weighted by atomic mass is 9.94. The number of rotatable bonds is 3. The zero-order chi connectivity index (χ0) is 14.2. The van der Waals surface area contributed by atoms with E-state index in [4.69, 9.17) is 5.11 Å². The van der Waals surface area contributed by atoms with Crippen LogP contribution in [0.4, 0.5) is 0 Å². The topological polar surface area (TPSA) is 107 Å². The van der Waals surface area contributed by atoms with Crippen molar-refractivity contribution in [3.63, 3.8) is 0 Å². The van der Waals surface area contributed by atoms with Crippen molar-refractivity contribution in [2.75, 3.05) is 13.1 Å². The minimum atomic E-state index is -1.08. The molecular formula is C12H18N2O5. The Hall–Kier alpha value is -1.47. The van der Waals surface area contributed by atoms with E-state index in [9.17, 15) is 19.5 Å². The Bertz CT molecular complexity index is 389. The molecule has 3 N–H and O–H groups in total. The molecule has 0 spiro atoms. The van der Waals surface area contributed by atoms with Crippen LogP contribution in [0.5, 0.6) is 0 Å². The van der Waals surface area contributed by atoms with Gasteiger partial charge in [-0.15, -0.1) is 0 Å². The molecule has 2 saturated heterocycles. The molecule has 7 heteroatoms. The van der Waals surface area contributed by atoms with E-state index < -0.39 is 30.1 Å². The van der Waals surface area contributed by atoms with Crippen LogP contribution in [0, 0.1) is 5.92 Å². The van der Waals surface area contributed by atoms with Crippen LogP contribution in [-0.2, 0) is 14.4 Å². The van der Waals surface area contributed by atoms with Gasteiger partial charge >= 0.3 is 5.97 Å². The number of carboxylic acid groups (broad SMARTS) is 1. The summed E-state index contributed by atoms with van der Waals surface area (Å²) >= 11 is 0. The lowest BCUT2D eigenvalue weighted by molar-refractivity contribution is -0.147. The second-order valence-electron chi connectivity index (χ2n) is 5.21. The van der Waals surface area contributed by atoms with E-state index in [0.717, 1.165) is 0 Å². The van der Waals surface area contributed by atoms with Crippen molar-refractivity contribution < 1.29 is 24.6 Å². The predicted molar refractivity (Wildman–Crippen MR) is 64.3 cm³/mol. The minimum absolute atomic E-state index is 0.105. The number of carbonyl (C=O) groups is 3. The van der Waals surface area contributed by atoms with Crippen LogP contribution < -0.4 is 5.32 Å². The number of hydrogen-bond donors (Lipinski definition) is 3. The molecule has 0 aromatic heterocycles. The Balaban J connectivity index is 2.04. The Labute approximate surface area is 110 Å². The number of aliphatic carboxylic acids is 1. The molecule has 1 unspecified atom stereocenters. The zero-order valence-corrected chi connectivity index (χ0v) is 10.7. The molecule has 1 amide bonds. The maximum atomic E-state index is 12.2. The molecular weight excluding hydrogens is 252 g/mol. The van der Waals surface area contributed by atoms with E-state index in [1.165, 1.54) is 11.8 Å². The summed E-state index contributed by atoms with van der Waals surface area (Å²) in [5.41, 5.74) is 0. The van der Waals surface area contributed by atoms with Crippen molar-refractivity contribution in [2.24, 2.45) is 5.92 Å². The predicted octanol–water partition coefficient (Wildman–Crippen LogP) is -1.40. The molecule has 7 nitrogen and oxygen atoms in total. The SMILES string of the molecule is CC(=O)N1CC(C(=O)[C@@H]2C[C@@H](O)CN2)C[C@H]1C(=O)O. The number of carboxylic acids is 1. The van der Waals surface area contributed by atoms with E-state index in [-0.39, 0.29) is 24.7 Å². The molecule has 2 aliphatic rings. The van der Waals surface area contributed by atoms with Crippen LogP contribution in [0.25, 0.3) is 0 Å². The number of nitrogens with zero attached hydrogens (tertiary/aromatic N) is 1. The van der Waals surface area contributed by atoms with E-state index >= 15 is 0 Å². The summed E-state index contributed by atoms with van der Waals surface area (Å²) in [6.07, 6.45) is -0.0237. The highest BCUT2D eigenvalue weighted by molar-refractivity contribution is 5.90. The smallest absolute Gasteiger partial charge is 0.326 e. The highest BCUT2D eigenvalue weighted by atomic mass is 16.4. The summed E-state index contributed by atoms with van der Waals surface area (Å²) in [6, 6.07) is -1.35. The first-order chi connectivity index (χ1) is 8.90. The van der Waals surface area contributed by atoms with E-state index in [1.54, 1.807) is 0 Å². The van der Waals surface area contributed by atoms with Crippen molar-refractivity contribution in [3.05, 3.63) is 0 Å². The van der Waals surface area contributed by atoms with Crippen molar-refractivity contribution in [1.29, 1.82) is 0 Å². The van der Waals surface area contributed by atoms with Gasteiger partial charge in [-0.3, -0.25) is 9.59 Å². The van der Waals surface area contributed by atoms with Gasteiger partial charge in [0, 0.05) is 25.9 Å². The summed E-state index contributed by atoms with van der Waals surface area (Å²) < 4.78 is 0. The number of likely N-dealkylation sites (tertiary alicyclic amines) is 1. The third kappa shape index (κ3) is 2.76. The van der Waals surface area contributed by atoms with Crippen molar-refractivity contribution >= 4 is 17.7 Å². The van der Waals surface area contributed by atoms with Gasteiger partial charge in [0.05, 0.1) is 12.1 Å². The van der Waals surface area contributed by atoms with Gasteiger partial charge in [-0.1, -0.05) is 0 Å². The van der Waals surface area contributed by atoms with Gasteiger partial charge in [-0.25, -0.2) is 4.79 Å². The third-order valence-electron chi connectivity index (χ3n) is 3.84. The maximum absolute atomic E-state index is 12.2. The highest BCUT2D eigenvalue weighted by Crippen LogP contribution is 2.26. The van der Waals surface area contributed by atoms with E-state index in [2.05, 4.69) is 5.32 Å². The standard InChI is InChI=1S/C12H18N2O5/c1-6(15)14-5-7(2-10(14)12(18)19)11(17)9-3-8(16)4-13-9/h7-10,13,16H,2-5H2,1H3,(H,18,19)/t7?,8-,9+,10+/m1/s1. The number of aliphatic hydroxyl groups is 1. The average molecular weight is 270 g/mol. The first-order valence-corrected chi connectivity index (χ1v) is 6.35. The summed E-state index contributed by atoms with van der Waals surface area (Å²) in [4.78, 5) is 36.0. The Kier molecular flexibility index (Phi) is 3.86. The molecule has 106 valence electrons. The Morgan fingerprint density at radius 3 is 2.37 bits per heavy atom. The van der Waals surface area contributed by atoms with Crippen LogP contribution in [0.15, 0.2) is 0 Å². The molecule has 2 rings (SSSR count). The molecule has 2 aliphatic heterocycles. The highest BCUT2D eigenvalue weighted by Gasteiger charge is 2.43. The quantitative estimate of drug-likeness (QED) is 0.582. The fourth-order valence-corrected chi connectivity index (χ4v) is 2.84. The maximum Gasteiger partial charge on any atom is 0.326 e. The minimum Gasteiger partial charge on any atom is -0.480 e. The van der Waals surface area contributed by atoms with Gasteiger partial charge in [0.1, 0.15) is 6.04 Å². The molecule has 0 saturated carbocycles. The lowest BCUT2D eigenvalue weighted by Crippen LogP contribution is -2.39. The molecule has 0 aromatic carbocycles. The summed E-state index contributed by atoms with van der Waals surface area (Å²) in [5.74, 6) is -1.98. The molecule has 0 bridgehead atoms. The number of carbonyl (C=O) groups excluding carboxylic acids is 2. The van der Waals surface area contributed by atoms with E-state index in [0.29, 0.717) is 13.0 Å². The van der Waals surface area contributed by atoms with Gasteiger partial charge in [-0.05, 0) is 12.8 Å². The Morgan fingerprint density at radius 1 is 1.26 bits per heavy atom. The average Bonchev–Trinajstić information content (AvgIpc) is 2.93. The summed E-state index contributed by atoms with van der Waals surface area (Å²) in [5, 5.41) is 21.4. The number of nitrogens with one attached hydrogen (secondary N) is 1. The first-order valence-electron chi connectivity index (χ1n) is 6.35. The molecule has 0 radical (unpaired) electrons.